The monoisotopic (exact) mass is 191 g/mol. The molecular weight excluding hydrogens is 174 g/mol. The second kappa shape index (κ2) is 5.55. The molecule has 0 aromatic heterocycles. The molecule has 0 aliphatic rings. The zero-order valence-corrected chi connectivity index (χ0v) is 8.84. The summed E-state index contributed by atoms with van der Waals surface area (Å²) in [6.45, 7) is 2.90. The van der Waals surface area contributed by atoms with E-state index >= 15 is 0 Å². The van der Waals surface area contributed by atoms with E-state index in [-0.39, 0.29) is 5.78 Å². The van der Waals surface area contributed by atoms with Gasteiger partial charge in [0.25, 0.3) is 0 Å². The summed E-state index contributed by atoms with van der Waals surface area (Å²) in [6.07, 6.45) is 1.54. The maximum atomic E-state index is 11.6. The first-order valence-corrected chi connectivity index (χ1v) is 4.98. The van der Waals surface area contributed by atoms with Crippen molar-refractivity contribution in [2.45, 2.75) is 19.8 Å². The smallest absolute Gasteiger partial charge is 0.162 e. The molecular formula is C12H17NO. The van der Waals surface area contributed by atoms with Crippen LogP contribution in [0.1, 0.15) is 28.8 Å². The fraction of sp³-hybridized carbons (Fsp3) is 0.417. The van der Waals surface area contributed by atoms with Crippen LogP contribution in [0.5, 0.6) is 0 Å². The third-order valence-electron chi connectivity index (χ3n) is 2.17. The highest BCUT2D eigenvalue weighted by molar-refractivity contribution is 5.96. The van der Waals surface area contributed by atoms with E-state index in [1.54, 1.807) is 0 Å². The van der Waals surface area contributed by atoms with Gasteiger partial charge in [0.05, 0.1) is 0 Å². The maximum absolute atomic E-state index is 11.6. The van der Waals surface area contributed by atoms with Crippen molar-refractivity contribution >= 4 is 5.78 Å². The lowest BCUT2D eigenvalue weighted by atomic mass is 10.0. The van der Waals surface area contributed by atoms with Crippen LogP contribution in [0.4, 0.5) is 0 Å². The van der Waals surface area contributed by atoms with Crippen molar-refractivity contribution in [3.8, 4) is 0 Å². The van der Waals surface area contributed by atoms with Crippen LogP contribution in [0.25, 0.3) is 0 Å². The SMILES string of the molecule is CNCCCC(=O)c1cccc(C)c1. The van der Waals surface area contributed by atoms with Crippen molar-refractivity contribution in [3.63, 3.8) is 0 Å². The molecule has 1 aromatic carbocycles. The number of carbonyl (C=O) groups excluding carboxylic acids is 1. The van der Waals surface area contributed by atoms with Crippen molar-refractivity contribution in [2.75, 3.05) is 13.6 Å². The van der Waals surface area contributed by atoms with E-state index in [2.05, 4.69) is 5.32 Å². The van der Waals surface area contributed by atoms with Gasteiger partial charge in [0, 0.05) is 12.0 Å². The number of ketones is 1. The van der Waals surface area contributed by atoms with Gasteiger partial charge in [-0.3, -0.25) is 4.79 Å². The van der Waals surface area contributed by atoms with Crippen molar-refractivity contribution in [3.05, 3.63) is 35.4 Å². The molecule has 1 rings (SSSR count). The summed E-state index contributed by atoms with van der Waals surface area (Å²) in [7, 11) is 1.90. The van der Waals surface area contributed by atoms with E-state index < -0.39 is 0 Å². The first kappa shape index (κ1) is 10.9. The van der Waals surface area contributed by atoms with Crippen LogP contribution in [-0.2, 0) is 0 Å². The van der Waals surface area contributed by atoms with Crippen molar-refractivity contribution in [1.29, 1.82) is 0 Å². The van der Waals surface area contributed by atoms with Gasteiger partial charge in [-0.1, -0.05) is 23.8 Å². The summed E-state index contributed by atoms with van der Waals surface area (Å²) >= 11 is 0. The average molecular weight is 191 g/mol. The predicted octanol–water partition coefficient (Wildman–Crippen LogP) is 2.18. The lowest BCUT2D eigenvalue weighted by molar-refractivity contribution is 0.0980. The highest BCUT2D eigenvalue weighted by Crippen LogP contribution is 2.07. The summed E-state index contributed by atoms with van der Waals surface area (Å²) in [4.78, 5) is 11.6. The second-order valence-electron chi connectivity index (χ2n) is 3.50. The standard InChI is InChI=1S/C12H17NO/c1-10-5-3-6-11(9-10)12(14)7-4-8-13-2/h3,5-6,9,13H,4,7-8H2,1-2H3. The molecule has 2 nitrogen and oxygen atoms in total. The number of aryl methyl sites for hydroxylation is 1. The second-order valence-corrected chi connectivity index (χ2v) is 3.50. The van der Waals surface area contributed by atoms with Gasteiger partial charge < -0.3 is 5.32 Å². The van der Waals surface area contributed by atoms with Gasteiger partial charge in [-0.15, -0.1) is 0 Å². The predicted molar refractivity (Wildman–Crippen MR) is 58.7 cm³/mol. The van der Waals surface area contributed by atoms with Gasteiger partial charge in [0.2, 0.25) is 0 Å². The van der Waals surface area contributed by atoms with Crippen LogP contribution in [0, 0.1) is 6.92 Å². The zero-order valence-electron chi connectivity index (χ0n) is 8.84. The fourth-order valence-corrected chi connectivity index (χ4v) is 1.39. The Bertz CT molecular complexity index is 307. The van der Waals surface area contributed by atoms with Gasteiger partial charge >= 0.3 is 0 Å². The highest BCUT2D eigenvalue weighted by Gasteiger charge is 2.04. The van der Waals surface area contributed by atoms with Crippen molar-refractivity contribution in [1.82, 2.24) is 5.32 Å². The van der Waals surface area contributed by atoms with E-state index in [4.69, 9.17) is 0 Å². The van der Waals surface area contributed by atoms with E-state index in [1.807, 2.05) is 38.2 Å². The van der Waals surface area contributed by atoms with E-state index in [9.17, 15) is 4.79 Å². The minimum Gasteiger partial charge on any atom is -0.320 e. The molecule has 1 N–H and O–H groups in total. The highest BCUT2D eigenvalue weighted by atomic mass is 16.1. The summed E-state index contributed by atoms with van der Waals surface area (Å²) in [5.74, 6) is 0.240. The lowest BCUT2D eigenvalue weighted by Crippen LogP contribution is -2.10. The number of carbonyl (C=O) groups is 1. The number of hydrogen-bond acceptors (Lipinski definition) is 2. The molecule has 0 radical (unpaired) electrons. The minimum absolute atomic E-state index is 0.240. The van der Waals surface area contributed by atoms with Crippen LogP contribution in [0.15, 0.2) is 24.3 Å². The van der Waals surface area contributed by atoms with E-state index in [0.717, 1.165) is 24.1 Å². The number of hydrogen-bond donors (Lipinski definition) is 1. The molecule has 0 spiro atoms. The number of Topliss-reactive ketones (excluding diaryl/α,β-unsaturated/α-hetero) is 1. The molecule has 0 saturated carbocycles. The Labute approximate surface area is 85.3 Å². The molecule has 0 atom stereocenters. The quantitative estimate of drug-likeness (QED) is 0.571. The Morgan fingerprint density at radius 2 is 2.21 bits per heavy atom. The van der Waals surface area contributed by atoms with E-state index in [1.165, 1.54) is 0 Å². The molecule has 2 heteroatoms. The summed E-state index contributed by atoms with van der Waals surface area (Å²) in [5, 5.41) is 3.03. The Balaban J connectivity index is 2.52. The molecule has 0 aliphatic carbocycles. The van der Waals surface area contributed by atoms with Crippen LogP contribution in [0.3, 0.4) is 0 Å². The zero-order chi connectivity index (χ0) is 10.4. The van der Waals surface area contributed by atoms with Crippen molar-refractivity contribution < 1.29 is 4.79 Å². The molecule has 0 heterocycles. The topological polar surface area (TPSA) is 29.1 Å². The third-order valence-corrected chi connectivity index (χ3v) is 2.17. The Morgan fingerprint density at radius 1 is 1.43 bits per heavy atom. The molecule has 0 fully saturated rings. The van der Waals surface area contributed by atoms with Gasteiger partial charge in [0.15, 0.2) is 5.78 Å². The van der Waals surface area contributed by atoms with Crippen molar-refractivity contribution in [2.24, 2.45) is 0 Å². The maximum Gasteiger partial charge on any atom is 0.162 e. The van der Waals surface area contributed by atoms with Crippen LogP contribution < -0.4 is 5.32 Å². The average Bonchev–Trinajstić information content (AvgIpc) is 2.18. The molecule has 0 bridgehead atoms. The van der Waals surface area contributed by atoms with Gasteiger partial charge in [0.1, 0.15) is 0 Å². The first-order chi connectivity index (χ1) is 6.74. The largest absolute Gasteiger partial charge is 0.320 e. The molecule has 0 aliphatic heterocycles. The molecule has 14 heavy (non-hydrogen) atoms. The normalized spacial score (nSPS) is 10.1. The lowest BCUT2D eigenvalue weighted by Gasteiger charge is -2.01. The molecule has 76 valence electrons. The van der Waals surface area contributed by atoms with Crippen LogP contribution in [0.2, 0.25) is 0 Å². The molecule has 0 saturated heterocycles. The molecule has 1 aromatic rings. The molecule has 0 unspecified atom stereocenters. The Morgan fingerprint density at radius 3 is 2.86 bits per heavy atom. The van der Waals surface area contributed by atoms with Crippen LogP contribution >= 0.6 is 0 Å². The van der Waals surface area contributed by atoms with Gasteiger partial charge in [-0.2, -0.15) is 0 Å². The summed E-state index contributed by atoms with van der Waals surface area (Å²) < 4.78 is 0. The number of rotatable bonds is 5. The Hall–Kier alpha value is -1.15. The summed E-state index contributed by atoms with van der Waals surface area (Å²) in [5.41, 5.74) is 1.98. The molecule has 0 amide bonds. The van der Waals surface area contributed by atoms with Crippen LogP contribution in [-0.4, -0.2) is 19.4 Å². The van der Waals surface area contributed by atoms with Gasteiger partial charge in [-0.25, -0.2) is 0 Å². The number of nitrogens with one attached hydrogen (secondary N) is 1. The summed E-state index contributed by atoms with van der Waals surface area (Å²) in [6, 6.07) is 7.77. The van der Waals surface area contributed by atoms with Gasteiger partial charge in [-0.05, 0) is 33.0 Å². The number of benzene rings is 1. The Kier molecular flexibility index (Phi) is 4.33. The first-order valence-electron chi connectivity index (χ1n) is 4.98. The van der Waals surface area contributed by atoms with E-state index in [0.29, 0.717) is 6.42 Å². The minimum atomic E-state index is 0.240. The fourth-order valence-electron chi connectivity index (χ4n) is 1.39. The third kappa shape index (κ3) is 3.30.